The number of thioether (sulfide) groups is 1. The van der Waals surface area contributed by atoms with Crippen LogP contribution in [0.4, 0.5) is 0 Å². The molecule has 1 aromatic carbocycles. The fraction of sp³-hybridized carbons (Fsp3) is 0.650. The molecule has 5 nitrogen and oxygen atoms in total. The Morgan fingerprint density at radius 2 is 1.92 bits per heavy atom. The second-order valence-electron chi connectivity index (χ2n) is 7.03. The molecular formula is C20H31N3O2S. The minimum Gasteiger partial charge on any atom is -0.493 e. The van der Waals surface area contributed by atoms with Gasteiger partial charge in [-0.05, 0) is 33.0 Å². The molecule has 0 radical (unpaired) electrons. The van der Waals surface area contributed by atoms with Crippen molar-refractivity contribution >= 4 is 17.7 Å². The van der Waals surface area contributed by atoms with Crippen molar-refractivity contribution in [2.24, 2.45) is 0 Å². The van der Waals surface area contributed by atoms with Crippen LogP contribution >= 0.6 is 11.8 Å². The summed E-state index contributed by atoms with van der Waals surface area (Å²) in [6.45, 7) is 9.10. The maximum Gasteiger partial charge on any atom is 0.224 e. The van der Waals surface area contributed by atoms with Crippen molar-refractivity contribution in [3.8, 4) is 5.75 Å². The molecule has 0 aliphatic carbocycles. The molecule has 144 valence electrons. The van der Waals surface area contributed by atoms with E-state index in [1.54, 1.807) is 0 Å². The molecule has 26 heavy (non-hydrogen) atoms. The summed E-state index contributed by atoms with van der Waals surface area (Å²) in [6.07, 6.45) is 1.68. The van der Waals surface area contributed by atoms with Crippen LogP contribution in [0.3, 0.4) is 0 Å². The number of para-hydroxylation sites is 1. The first-order valence-electron chi connectivity index (χ1n) is 9.72. The average molecular weight is 378 g/mol. The fourth-order valence-electron chi connectivity index (χ4n) is 3.63. The first-order chi connectivity index (χ1) is 12.7. The van der Waals surface area contributed by atoms with Crippen molar-refractivity contribution in [3.05, 3.63) is 29.8 Å². The van der Waals surface area contributed by atoms with Gasteiger partial charge in [0, 0.05) is 50.5 Å². The van der Waals surface area contributed by atoms with Gasteiger partial charge in [0.05, 0.1) is 6.61 Å². The Morgan fingerprint density at radius 1 is 1.15 bits per heavy atom. The summed E-state index contributed by atoms with van der Waals surface area (Å²) in [6, 6.07) is 8.16. The highest BCUT2D eigenvalue weighted by Crippen LogP contribution is 2.41. The molecule has 2 aliphatic heterocycles. The summed E-state index contributed by atoms with van der Waals surface area (Å²) in [5.41, 5.74) is 1.13. The van der Waals surface area contributed by atoms with Gasteiger partial charge in [0.15, 0.2) is 0 Å². The molecule has 0 bridgehead atoms. The number of likely N-dealkylation sites (N-methyl/N-ethyl adjacent to an activating group) is 1. The van der Waals surface area contributed by atoms with Gasteiger partial charge >= 0.3 is 0 Å². The predicted octanol–water partition coefficient (Wildman–Crippen LogP) is 2.69. The number of hydrogen-bond donors (Lipinski definition) is 0. The summed E-state index contributed by atoms with van der Waals surface area (Å²) >= 11 is 1.86. The van der Waals surface area contributed by atoms with Gasteiger partial charge in [-0.2, -0.15) is 0 Å². The van der Waals surface area contributed by atoms with Gasteiger partial charge in [0.1, 0.15) is 11.1 Å². The fourth-order valence-corrected chi connectivity index (χ4v) is 4.92. The number of carbonyl (C=O) groups excluding carboxylic acids is 1. The smallest absolute Gasteiger partial charge is 0.224 e. The van der Waals surface area contributed by atoms with Crippen LogP contribution in [0, 0.1) is 0 Å². The van der Waals surface area contributed by atoms with E-state index < -0.39 is 0 Å². The quantitative estimate of drug-likeness (QED) is 0.730. The van der Waals surface area contributed by atoms with E-state index in [0.29, 0.717) is 13.0 Å². The first kappa shape index (κ1) is 19.5. The van der Waals surface area contributed by atoms with Crippen molar-refractivity contribution in [3.63, 3.8) is 0 Å². The largest absolute Gasteiger partial charge is 0.493 e. The third-order valence-electron chi connectivity index (χ3n) is 5.15. The van der Waals surface area contributed by atoms with Crippen LogP contribution in [0.25, 0.3) is 0 Å². The highest BCUT2D eigenvalue weighted by atomic mass is 32.2. The van der Waals surface area contributed by atoms with E-state index in [4.69, 9.17) is 4.74 Å². The zero-order chi connectivity index (χ0) is 18.4. The Bertz CT molecular complexity index is 590. The van der Waals surface area contributed by atoms with Gasteiger partial charge in [0.2, 0.25) is 5.91 Å². The highest BCUT2D eigenvalue weighted by molar-refractivity contribution is 7.99. The van der Waals surface area contributed by atoms with Crippen LogP contribution < -0.4 is 4.74 Å². The minimum absolute atomic E-state index is 0.0755. The van der Waals surface area contributed by atoms with Crippen molar-refractivity contribution < 1.29 is 9.53 Å². The molecule has 2 heterocycles. The Balaban J connectivity index is 1.62. The Labute approximate surface area is 161 Å². The van der Waals surface area contributed by atoms with E-state index in [9.17, 15) is 4.79 Å². The number of rotatable bonds is 7. The minimum atomic E-state index is 0.0755. The van der Waals surface area contributed by atoms with Crippen LogP contribution in [0.5, 0.6) is 5.75 Å². The molecule has 2 aliphatic rings. The second-order valence-corrected chi connectivity index (χ2v) is 8.22. The molecule has 0 saturated carbocycles. The number of ether oxygens (including phenoxy) is 1. The van der Waals surface area contributed by atoms with Gasteiger partial charge in [0.25, 0.3) is 0 Å². The average Bonchev–Trinajstić information content (AvgIpc) is 2.65. The third-order valence-corrected chi connectivity index (χ3v) is 6.41. The topological polar surface area (TPSA) is 36.0 Å². The zero-order valence-corrected chi connectivity index (χ0v) is 16.8. The summed E-state index contributed by atoms with van der Waals surface area (Å²) in [7, 11) is 2.18. The zero-order valence-electron chi connectivity index (χ0n) is 16.0. The Hall–Kier alpha value is -1.24. The van der Waals surface area contributed by atoms with Crippen LogP contribution in [0.1, 0.15) is 30.7 Å². The lowest BCUT2D eigenvalue weighted by Crippen LogP contribution is -2.45. The van der Waals surface area contributed by atoms with Gasteiger partial charge < -0.3 is 19.4 Å². The molecular weight excluding hydrogens is 346 g/mol. The van der Waals surface area contributed by atoms with E-state index >= 15 is 0 Å². The number of amides is 1. The van der Waals surface area contributed by atoms with Crippen molar-refractivity contribution in [1.29, 1.82) is 0 Å². The molecule has 1 aromatic rings. The molecule has 6 heteroatoms. The van der Waals surface area contributed by atoms with E-state index in [1.807, 2.05) is 36.9 Å². The molecule has 1 unspecified atom stereocenters. The summed E-state index contributed by atoms with van der Waals surface area (Å²) in [4.78, 5) is 19.6. The summed E-state index contributed by atoms with van der Waals surface area (Å²) in [5, 5.41) is 0.0755. The number of benzene rings is 1. The highest BCUT2D eigenvalue weighted by Gasteiger charge is 2.31. The molecule has 0 spiro atoms. The van der Waals surface area contributed by atoms with Gasteiger partial charge in [-0.25, -0.2) is 0 Å². The lowest BCUT2D eigenvalue weighted by atomic mass is 10.1. The number of nitrogens with zero attached hydrogens (tertiary/aromatic N) is 3. The molecule has 0 aromatic heterocycles. The lowest BCUT2D eigenvalue weighted by molar-refractivity contribution is -0.132. The van der Waals surface area contributed by atoms with E-state index in [-0.39, 0.29) is 11.3 Å². The van der Waals surface area contributed by atoms with Gasteiger partial charge in [-0.15, -0.1) is 11.8 Å². The van der Waals surface area contributed by atoms with Crippen molar-refractivity contribution in [1.82, 2.24) is 14.7 Å². The summed E-state index contributed by atoms with van der Waals surface area (Å²) in [5.74, 6) is 2.07. The molecule has 2 fully saturated rings. The van der Waals surface area contributed by atoms with Crippen LogP contribution in [0.15, 0.2) is 24.3 Å². The normalized spacial score (nSPS) is 22.6. The van der Waals surface area contributed by atoms with E-state index in [1.165, 1.54) is 0 Å². The third kappa shape index (κ3) is 4.93. The number of piperazine rings is 1. The van der Waals surface area contributed by atoms with Crippen LogP contribution in [-0.2, 0) is 4.79 Å². The first-order valence-corrected chi connectivity index (χ1v) is 10.8. The van der Waals surface area contributed by atoms with Crippen LogP contribution in [0.2, 0.25) is 0 Å². The van der Waals surface area contributed by atoms with E-state index in [0.717, 1.165) is 62.8 Å². The number of carbonyl (C=O) groups is 1. The van der Waals surface area contributed by atoms with Gasteiger partial charge in [-0.1, -0.05) is 18.2 Å². The maximum atomic E-state index is 12.6. The molecule has 1 atom stereocenters. The Kier molecular flexibility index (Phi) is 7.23. The second kappa shape index (κ2) is 9.62. The number of hydrogen-bond acceptors (Lipinski definition) is 5. The predicted molar refractivity (Wildman–Crippen MR) is 108 cm³/mol. The van der Waals surface area contributed by atoms with Crippen molar-refractivity contribution in [2.45, 2.75) is 25.1 Å². The molecule has 0 N–H and O–H groups in total. The van der Waals surface area contributed by atoms with E-state index in [2.05, 4.69) is 27.8 Å². The maximum absolute atomic E-state index is 12.6. The lowest BCUT2D eigenvalue weighted by Gasteiger charge is -2.37. The molecule has 1 amide bonds. The Morgan fingerprint density at radius 3 is 2.69 bits per heavy atom. The standard InChI is InChI=1S/C20H31N3O2S/c1-3-25-18-8-5-4-7-17(18)20-23(19(24)9-16-26-20)11-6-10-22-14-12-21(2)13-15-22/h4-5,7-8,20H,3,6,9-16H2,1-2H3. The monoisotopic (exact) mass is 377 g/mol. The summed E-state index contributed by atoms with van der Waals surface area (Å²) < 4.78 is 5.82. The van der Waals surface area contributed by atoms with Crippen molar-refractivity contribution in [2.75, 3.05) is 58.7 Å². The van der Waals surface area contributed by atoms with Crippen LogP contribution in [-0.4, -0.2) is 79.3 Å². The molecule has 3 rings (SSSR count). The SMILES string of the molecule is CCOc1ccccc1C1SCCC(=O)N1CCCN1CCN(C)CC1. The van der Waals surface area contributed by atoms with Gasteiger partial charge in [-0.3, -0.25) is 4.79 Å². The molecule has 2 saturated heterocycles.